The Hall–Kier alpha value is -2.89. The van der Waals surface area contributed by atoms with Gasteiger partial charge in [-0.25, -0.2) is 8.42 Å². The topological polar surface area (TPSA) is 84.7 Å². The first-order valence-electron chi connectivity index (χ1n) is 8.90. The number of amides is 1. The van der Waals surface area contributed by atoms with Crippen molar-refractivity contribution in [2.75, 3.05) is 45.2 Å². The van der Waals surface area contributed by atoms with Gasteiger partial charge in [-0.05, 0) is 36.4 Å². The van der Waals surface area contributed by atoms with Gasteiger partial charge in [0, 0.05) is 51.5 Å². The molecule has 0 spiro atoms. The first-order valence-corrected chi connectivity index (χ1v) is 10.3. The zero-order valence-electron chi connectivity index (χ0n) is 15.9. The summed E-state index contributed by atoms with van der Waals surface area (Å²) in [6.07, 6.45) is 0. The molecule has 146 valence electrons. The van der Waals surface area contributed by atoms with Gasteiger partial charge in [0.15, 0.2) is 0 Å². The largest absolute Gasteiger partial charge is 0.378 e. The molecule has 0 bridgehead atoms. The fraction of sp³-hybridized carbons (Fsp3) is 0.300. The van der Waals surface area contributed by atoms with Crippen molar-refractivity contribution in [2.45, 2.75) is 4.90 Å². The van der Waals surface area contributed by atoms with Crippen molar-refractivity contribution in [3.8, 4) is 6.07 Å². The van der Waals surface area contributed by atoms with Crippen molar-refractivity contribution >= 4 is 21.6 Å². The van der Waals surface area contributed by atoms with Gasteiger partial charge in [0.1, 0.15) is 6.07 Å². The third-order valence-electron chi connectivity index (χ3n) is 4.78. The summed E-state index contributed by atoms with van der Waals surface area (Å²) in [7, 11) is 0.0966. The summed E-state index contributed by atoms with van der Waals surface area (Å²) < 4.78 is 27.1. The number of hydrogen-bond donors (Lipinski definition) is 0. The van der Waals surface area contributed by atoms with Crippen LogP contribution >= 0.6 is 0 Å². The lowest BCUT2D eigenvalue weighted by molar-refractivity contribution is 0.0698. The fourth-order valence-electron chi connectivity index (χ4n) is 3.14. The molecule has 0 unspecified atom stereocenters. The molecule has 7 nitrogen and oxygen atoms in total. The van der Waals surface area contributed by atoms with Gasteiger partial charge < -0.3 is 9.80 Å². The quantitative estimate of drug-likeness (QED) is 0.784. The second-order valence-electron chi connectivity index (χ2n) is 6.75. The van der Waals surface area contributed by atoms with Crippen LogP contribution in [-0.2, 0) is 10.0 Å². The maximum Gasteiger partial charge on any atom is 0.253 e. The average molecular weight is 398 g/mol. The maximum absolute atomic E-state index is 12.9. The van der Waals surface area contributed by atoms with Crippen molar-refractivity contribution in [3.63, 3.8) is 0 Å². The number of hydrogen-bond acceptors (Lipinski definition) is 5. The van der Waals surface area contributed by atoms with Crippen molar-refractivity contribution in [1.29, 1.82) is 5.26 Å². The number of piperazine rings is 1. The van der Waals surface area contributed by atoms with Crippen LogP contribution in [0.2, 0.25) is 0 Å². The molecule has 0 aliphatic carbocycles. The van der Waals surface area contributed by atoms with Gasteiger partial charge in [0.2, 0.25) is 10.0 Å². The maximum atomic E-state index is 12.9. The summed E-state index contributed by atoms with van der Waals surface area (Å²) in [4.78, 5) is 16.3. The molecule has 1 fully saturated rings. The molecule has 1 saturated heterocycles. The van der Waals surface area contributed by atoms with Crippen molar-refractivity contribution in [1.82, 2.24) is 9.21 Å². The van der Waals surface area contributed by atoms with Gasteiger partial charge in [0.05, 0.1) is 10.5 Å². The number of carbonyl (C=O) groups is 1. The Morgan fingerprint density at radius 2 is 1.61 bits per heavy atom. The third-order valence-corrected chi connectivity index (χ3v) is 6.74. The van der Waals surface area contributed by atoms with E-state index in [1.54, 1.807) is 29.2 Å². The van der Waals surface area contributed by atoms with Crippen LogP contribution in [0.15, 0.2) is 53.4 Å². The molecule has 1 aliphatic rings. The van der Waals surface area contributed by atoms with Crippen LogP contribution in [0.4, 0.5) is 5.69 Å². The molecule has 1 amide bonds. The summed E-state index contributed by atoms with van der Waals surface area (Å²) in [5.41, 5.74) is 1.71. The van der Waals surface area contributed by atoms with E-state index in [0.717, 1.165) is 5.69 Å². The monoisotopic (exact) mass is 398 g/mol. The Balaban J connectivity index is 1.70. The van der Waals surface area contributed by atoms with E-state index in [1.807, 2.05) is 37.2 Å². The second kappa shape index (κ2) is 8.00. The Morgan fingerprint density at radius 3 is 2.18 bits per heavy atom. The summed E-state index contributed by atoms with van der Waals surface area (Å²) >= 11 is 0. The molecule has 8 heteroatoms. The van der Waals surface area contributed by atoms with Crippen LogP contribution in [0.25, 0.3) is 0 Å². The van der Waals surface area contributed by atoms with Crippen molar-refractivity contribution in [3.05, 3.63) is 59.7 Å². The van der Waals surface area contributed by atoms with E-state index in [0.29, 0.717) is 18.7 Å². The van der Waals surface area contributed by atoms with Crippen molar-refractivity contribution in [2.24, 2.45) is 0 Å². The molecule has 0 saturated carbocycles. The molecule has 2 aromatic rings. The Labute approximate surface area is 165 Å². The summed E-state index contributed by atoms with van der Waals surface area (Å²) in [5.74, 6) is -0.111. The average Bonchev–Trinajstić information content (AvgIpc) is 2.73. The molecule has 0 N–H and O–H groups in total. The van der Waals surface area contributed by atoms with E-state index < -0.39 is 10.0 Å². The second-order valence-corrected chi connectivity index (χ2v) is 8.65. The molecular formula is C20H22N4O3S. The highest BCUT2D eigenvalue weighted by Gasteiger charge is 2.31. The van der Waals surface area contributed by atoms with E-state index >= 15 is 0 Å². The van der Waals surface area contributed by atoms with E-state index in [4.69, 9.17) is 0 Å². The van der Waals surface area contributed by atoms with Gasteiger partial charge >= 0.3 is 0 Å². The predicted molar refractivity (Wildman–Crippen MR) is 107 cm³/mol. The minimum absolute atomic E-state index is 0.0107. The summed E-state index contributed by atoms with van der Waals surface area (Å²) in [6, 6.07) is 15.4. The molecule has 0 radical (unpaired) electrons. The molecule has 28 heavy (non-hydrogen) atoms. The third kappa shape index (κ3) is 3.86. The summed E-state index contributed by atoms with van der Waals surface area (Å²) in [5, 5.41) is 9.19. The van der Waals surface area contributed by atoms with Gasteiger partial charge in [-0.15, -0.1) is 0 Å². The van der Waals surface area contributed by atoms with Gasteiger partial charge in [-0.2, -0.15) is 9.57 Å². The highest BCUT2D eigenvalue weighted by Crippen LogP contribution is 2.22. The lowest BCUT2D eigenvalue weighted by Crippen LogP contribution is -2.50. The Bertz CT molecular complexity index is 1000. The Morgan fingerprint density at radius 1 is 1.00 bits per heavy atom. The molecule has 0 atom stereocenters. The van der Waals surface area contributed by atoms with Gasteiger partial charge in [0.25, 0.3) is 5.91 Å². The zero-order chi connectivity index (χ0) is 20.3. The van der Waals surface area contributed by atoms with Crippen LogP contribution in [0, 0.1) is 11.3 Å². The molecule has 3 rings (SSSR count). The number of anilines is 1. The zero-order valence-corrected chi connectivity index (χ0v) is 16.7. The standard InChI is InChI=1S/C20H22N4O3S/c1-22(2)18-9-7-16(8-10-18)20(25)23-11-13-24(14-12-23)28(26,27)19-6-4-3-5-17(19)15-21/h3-10H,11-14H2,1-2H3. The number of nitrogens with zero attached hydrogens (tertiary/aromatic N) is 4. The van der Waals surface area contributed by atoms with E-state index in [-0.39, 0.29) is 29.5 Å². The highest BCUT2D eigenvalue weighted by atomic mass is 32.2. The van der Waals surface area contributed by atoms with Crippen LogP contribution in [-0.4, -0.2) is 63.8 Å². The minimum Gasteiger partial charge on any atom is -0.378 e. The first-order chi connectivity index (χ1) is 13.3. The normalized spacial score (nSPS) is 15.1. The number of sulfonamides is 1. The molecule has 0 aromatic heterocycles. The van der Waals surface area contributed by atoms with Crippen LogP contribution in [0.3, 0.4) is 0 Å². The molecule has 1 aliphatic heterocycles. The molecule has 2 aromatic carbocycles. The van der Waals surface area contributed by atoms with Gasteiger partial charge in [-0.3, -0.25) is 4.79 Å². The van der Waals surface area contributed by atoms with Crippen LogP contribution in [0.5, 0.6) is 0 Å². The SMILES string of the molecule is CN(C)c1ccc(C(=O)N2CCN(S(=O)(=O)c3ccccc3C#N)CC2)cc1. The molecule has 1 heterocycles. The lowest BCUT2D eigenvalue weighted by Gasteiger charge is -2.34. The first kappa shape index (κ1) is 19.9. The fourth-order valence-corrected chi connectivity index (χ4v) is 4.70. The number of carbonyl (C=O) groups excluding carboxylic acids is 1. The predicted octanol–water partition coefficient (Wildman–Crippen LogP) is 1.77. The molecular weight excluding hydrogens is 376 g/mol. The number of rotatable bonds is 4. The Kier molecular flexibility index (Phi) is 5.68. The van der Waals surface area contributed by atoms with Crippen molar-refractivity contribution < 1.29 is 13.2 Å². The smallest absolute Gasteiger partial charge is 0.253 e. The van der Waals surface area contributed by atoms with E-state index in [1.165, 1.54) is 16.4 Å². The van der Waals surface area contributed by atoms with Crippen LogP contribution < -0.4 is 4.90 Å². The van der Waals surface area contributed by atoms with Crippen LogP contribution in [0.1, 0.15) is 15.9 Å². The summed E-state index contributed by atoms with van der Waals surface area (Å²) in [6.45, 7) is 1.01. The lowest BCUT2D eigenvalue weighted by atomic mass is 10.1. The number of nitriles is 1. The van der Waals surface area contributed by atoms with Gasteiger partial charge in [-0.1, -0.05) is 12.1 Å². The highest BCUT2D eigenvalue weighted by molar-refractivity contribution is 7.89. The number of benzene rings is 2. The minimum atomic E-state index is -3.77. The van der Waals surface area contributed by atoms with E-state index in [2.05, 4.69) is 0 Å². The van der Waals surface area contributed by atoms with E-state index in [9.17, 15) is 18.5 Å².